The molecule has 3 rings (SSSR count). The summed E-state index contributed by atoms with van der Waals surface area (Å²) < 4.78 is 5.30. The Kier molecular flexibility index (Phi) is 9.66. The third-order valence-electron chi connectivity index (χ3n) is 5.55. The molecule has 1 fully saturated rings. The summed E-state index contributed by atoms with van der Waals surface area (Å²) in [5.41, 5.74) is 7.90. The Bertz CT molecular complexity index is 973. The topological polar surface area (TPSA) is 114 Å². The molecule has 180 valence electrons. The van der Waals surface area contributed by atoms with Crippen LogP contribution in [0, 0.1) is 0 Å². The fraction of sp³-hybridized carbons (Fsp3) is 0.346. The van der Waals surface area contributed by atoms with Gasteiger partial charge < -0.3 is 26.0 Å². The van der Waals surface area contributed by atoms with Gasteiger partial charge >= 0.3 is 6.03 Å². The van der Waals surface area contributed by atoms with Gasteiger partial charge in [0.25, 0.3) is 0 Å². The van der Waals surface area contributed by atoms with Crippen molar-refractivity contribution in [2.24, 2.45) is 5.73 Å². The average molecular weight is 465 g/mol. The van der Waals surface area contributed by atoms with Crippen LogP contribution in [0.25, 0.3) is 0 Å². The van der Waals surface area contributed by atoms with Crippen LogP contribution in [0.4, 0.5) is 4.79 Å². The highest BCUT2D eigenvalue weighted by Gasteiger charge is 2.25. The quantitative estimate of drug-likeness (QED) is 0.468. The largest absolute Gasteiger partial charge is 0.378 e. The molecular formula is C26H32N4O4. The van der Waals surface area contributed by atoms with E-state index in [4.69, 9.17) is 10.5 Å². The summed E-state index contributed by atoms with van der Waals surface area (Å²) in [5, 5.41) is 5.68. The van der Waals surface area contributed by atoms with Gasteiger partial charge in [-0.3, -0.25) is 9.59 Å². The average Bonchev–Trinajstić information content (AvgIpc) is 2.85. The van der Waals surface area contributed by atoms with E-state index in [9.17, 15) is 14.4 Å². The Morgan fingerprint density at radius 1 is 0.971 bits per heavy atom. The van der Waals surface area contributed by atoms with E-state index in [0.29, 0.717) is 44.8 Å². The molecule has 1 heterocycles. The molecule has 2 aromatic rings. The molecule has 0 unspecified atom stereocenters. The normalized spacial score (nSPS) is 14.8. The first kappa shape index (κ1) is 25.0. The number of nitrogens with one attached hydrogen (secondary N) is 2. The number of nitrogens with zero attached hydrogens (tertiary/aromatic N) is 1. The fourth-order valence-electron chi connectivity index (χ4n) is 3.78. The number of rotatable bonds is 10. The summed E-state index contributed by atoms with van der Waals surface area (Å²) in [4.78, 5) is 39.2. The predicted molar refractivity (Wildman–Crippen MR) is 130 cm³/mol. The number of aryl methyl sites for hydroxylation is 1. The van der Waals surface area contributed by atoms with Gasteiger partial charge in [0, 0.05) is 31.3 Å². The lowest BCUT2D eigenvalue weighted by molar-refractivity contribution is -0.122. The standard InChI is InChI=1S/C26H32N4O4/c27-24(31)19-22(13-7-12-20-8-3-1-4-9-20)28-25(32)23(18-21-10-5-2-6-11-21)29-26(33)30-14-16-34-17-15-30/h1-6,8-11,19,23H,7,12-18H2,(H2,27,31)(H,28,32)(H,29,33)/b22-19+/t23-/m0/s1. The van der Waals surface area contributed by atoms with E-state index in [-0.39, 0.29) is 6.03 Å². The maximum Gasteiger partial charge on any atom is 0.318 e. The van der Waals surface area contributed by atoms with Gasteiger partial charge in [0.1, 0.15) is 6.04 Å². The Labute approximate surface area is 200 Å². The van der Waals surface area contributed by atoms with E-state index < -0.39 is 17.9 Å². The number of carbonyl (C=O) groups is 3. The van der Waals surface area contributed by atoms with Crippen LogP contribution in [0.3, 0.4) is 0 Å². The molecule has 0 saturated carbocycles. The number of benzene rings is 2. The van der Waals surface area contributed by atoms with E-state index in [1.54, 1.807) is 4.90 Å². The summed E-state index contributed by atoms with van der Waals surface area (Å²) in [7, 11) is 0. The third-order valence-corrected chi connectivity index (χ3v) is 5.55. The lowest BCUT2D eigenvalue weighted by atomic mass is 10.0. The van der Waals surface area contributed by atoms with Crippen molar-refractivity contribution in [2.75, 3.05) is 26.3 Å². The van der Waals surface area contributed by atoms with E-state index in [1.165, 1.54) is 11.6 Å². The number of morpholine rings is 1. The molecule has 0 aromatic heterocycles. The van der Waals surface area contributed by atoms with Crippen molar-refractivity contribution in [3.05, 3.63) is 83.6 Å². The third kappa shape index (κ3) is 8.37. The minimum absolute atomic E-state index is 0.316. The van der Waals surface area contributed by atoms with Crippen LogP contribution in [0.5, 0.6) is 0 Å². The highest BCUT2D eigenvalue weighted by atomic mass is 16.5. The van der Waals surface area contributed by atoms with Gasteiger partial charge in [0.15, 0.2) is 0 Å². The first-order valence-corrected chi connectivity index (χ1v) is 11.5. The van der Waals surface area contributed by atoms with Gasteiger partial charge in [-0.2, -0.15) is 0 Å². The smallest absolute Gasteiger partial charge is 0.318 e. The predicted octanol–water partition coefficient (Wildman–Crippen LogP) is 2.15. The number of nitrogens with two attached hydrogens (primary N) is 1. The number of allylic oxidation sites excluding steroid dienone is 1. The molecule has 8 nitrogen and oxygen atoms in total. The molecule has 0 spiro atoms. The molecule has 8 heteroatoms. The second-order valence-corrected chi connectivity index (χ2v) is 8.19. The zero-order valence-corrected chi connectivity index (χ0v) is 19.2. The Hall–Kier alpha value is -3.65. The molecule has 0 bridgehead atoms. The van der Waals surface area contributed by atoms with Crippen molar-refractivity contribution in [3.8, 4) is 0 Å². The second-order valence-electron chi connectivity index (χ2n) is 8.19. The van der Waals surface area contributed by atoms with Gasteiger partial charge in [-0.05, 0) is 30.4 Å². The first-order valence-electron chi connectivity index (χ1n) is 11.5. The van der Waals surface area contributed by atoms with E-state index in [2.05, 4.69) is 10.6 Å². The summed E-state index contributed by atoms with van der Waals surface area (Å²) in [6.07, 6.45) is 3.56. The Balaban J connectivity index is 1.67. The first-order chi connectivity index (χ1) is 16.5. The lowest BCUT2D eigenvalue weighted by Gasteiger charge is -2.29. The molecule has 0 aliphatic carbocycles. The number of primary amides is 1. The van der Waals surface area contributed by atoms with Crippen molar-refractivity contribution in [1.82, 2.24) is 15.5 Å². The van der Waals surface area contributed by atoms with Gasteiger partial charge in [-0.1, -0.05) is 60.7 Å². The van der Waals surface area contributed by atoms with Crippen molar-refractivity contribution in [3.63, 3.8) is 0 Å². The van der Waals surface area contributed by atoms with Crippen LogP contribution < -0.4 is 16.4 Å². The highest BCUT2D eigenvalue weighted by molar-refractivity contribution is 5.91. The summed E-state index contributed by atoms with van der Waals surface area (Å²) >= 11 is 0. The number of amides is 4. The molecule has 1 atom stereocenters. The van der Waals surface area contributed by atoms with Crippen LogP contribution in [0.2, 0.25) is 0 Å². The molecule has 2 aromatic carbocycles. The maximum absolute atomic E-state index is 13.2. The lowest BCUT2D eigenvalue weighted by Crippen LogP contribution is -2.54. The second kappa shape index (κ2) is 13.2. The number of urea groups is 1. The Morgan fingerprint density at radius 2 is 1.59 bits per heavy atom. The van der Waals surface area contributed by atoms with Gasteiger partial charge in [0.05, 0.1) is 13.2 Å². The van der Waals surface area contributed by atoms with Crippen LogP contribution in [-0.2, 0) is 27.2 Å². The SMILES string of the molecule is NC(=O)/C=C(\CCCc1ccccc1)NC(=O)[C@H](Cc1ccccc1)NC(=O)N1CCOCC1. The number of ether oxygens (including phenoxy) is 1. The van der Waals surface area contributed by atoms with E-state index in [0.717, 1.165) is 18.4 Å². The summed E-state index contributed by atoms with van der Waals surface area (Å²) in [6, 6.07) is 18.3. The molecule has 4 N–H and O–H groups in total. The molecule has 1 aliphatic rings. The maximum atomic E-state index is 13.2. The van der Waals surface area contributed by atoms with Crippen molar-refractivity contribution < 1.29 is 19.1 Å². The number of hydrogen-bond donors (Lipinski definition) is 3. The summed E-state index contributed by atoms with van der Waals surface area (Å²) in [6.45, 7) is 1.88. The van der Waals surface area contributed by atoms with E-state index in [1.807, 2.05) is 60.7 Å². The zero-order chi connectivity index (χ0) is 24.2. The molecule has 34 heavy (non-hydrogen) atoms. The van der Waals surface area contributed by atoms with Gasteiger partial charge in [-0.15, -0.1) is 0 Å². The molecule has 1 aliphatic heterocycles. The number of hydrogen-bond acceptors (Lipinski definition) is 4. The minimum atomic E-state index is -0.817. The van der Waals surface area contributed by atoms with Gasteiger partial charge in [-0.25, -0.2) is 4.79 Å². The van der Waals surface area contributed by atoms with Crippen molar-refractivity contribution in [2.45, 2.75) is 31.7 Å². The van der Waals surface area contributed by atoms with Crippen LogP contribution >= 0.6 is 0 Å². The fourth-order valence-corrected chi connectivity index (χ4v) is 3.78. The van der Waals surface area contributed by atoms with Crippen LogP contribution in [0.1, 0.15) is 24.0 Å². The van der Waals surface area contributed by atoms with Crippen LogP contribution in [0.15, 0.2) is 72.4 Å². The molecule has 1 saturated heterocycles. The molecular weight excluding hydrogens is 432 g/mol. The van der Waals surface area contributed by atoms with Crippen molar-refractivity contribution >= 4 is 17.8 Å². The van der Waals surface area contributed by atoms with Crippen LogP contribution in [-0.4, -0.2) is 55.1 Å². The van der Waals surface area contributed by atoms with Gasteiger partial charge in [0.2, 0.25) is 11.8 Å². The Morgan fingerprint density at radius 3 is 2.21 bits per heavy atom. The van der Waals surface area contributed by atoms with Crippen molar-refractivity contribution in [1.29, 1.82) is 0 Å². The number of carbonyl (C=O) groups excluding carboxylic acids is 3. The zero-order valence-electron chi connectivity index (χ0n) is 19.2. The molecule has 4 amide bonds. The summed E-state index contributed by atoms with van der Waals surface area (Å²) in [5.74, 6) is -1.02. The van der Waals surface area contributed by atoms with E-state index >= 15 is 0 Å². The molecule has 0 radical (unpaired) electrons. The minimum Gasteiger partial charge on any atom is -0.378 e. The highest BCUT2D eigenvalue weighted by Crippen LogP contribution is 2.11. The monoisotopic (exact) mass is 464 g/mol.